The normalized spacial score (nSPS) is 15.8. The predicted octanol–water partition coefficient (Wildman–Crippen LogP) is 3.19. The fourth-order valence-electron chi connectivity index (χ4n) is 3.37. The lowest BCUT2D eigenvalue weighted by Crippen LogP contribution is -2.27. The number of aromatic nitrogens is 1. The van der Waals surface area contributed by atoms with Gasteiger partial charge in [0.2, 0.25) is 0 Å². The largest absolute Gasteiger partial charge is 0.504 e. The first-order chi connectivity index (χ1) is 11.3. The SMILES string of the molecule is COc1cc2c(cc1O)C[C@@H](C(C)C)n1cc(C(C)=O)c(=O)cc1-2. The maximum absolute atomic E-state index is 12.3. The van der Waals surface area contributed by atoms with E-state index in [1.54, 1.807) is 18.3 Å². The quantitative estimate of drug-likeness (QED) is 0.879. The van der Waals surface area contributed by atoms with Gasteiger partial charge in [0.05, 0.1) is 18.4 Å². The number of carbonyl (C=O) groups is 1. The highest BCUT2D eigenvalue weighted by atomic mass is 16.5. The van der Waals surface area contributed by atoms with Gasteiger partial charge in [-0.15, -0.1) is 0 Å². The van der Waals surface area contributed by atoms with Crippen LogP contribution in [0.5, 0.6) is 11.5 Å². The summed E-state index contributed by atoms with van der Waals surface area (Å²) in [6.07, 6.45) is 2.39. The lowest BCUT2D eigenvalue weighted by molar-refractivity contribution is 0.101. The summed E-state index contributed by atoms with van der Waals surface area (Å²) in [4.78, 5) is 24.1. The summed E-state index contributed by atoms with van der Waals surface area (Å²) < 4.78 is 7.22. The third-order valence-corrected chi connectivity index (χ3v) is 4.70. The average Bonchev–Trinajstić information content (AvgIpc) is 2.52. The minimum Gasteiger partial charge on any atom is -0.504 e. The van der Waals surface area contributed by atoms with Crippen LogP contribution < -0.4 is 10.2 Å². The van der Waals surface area contributed by atoms with Crippen LogP contribution in [-0.2, 0) is 6.42 Å². The number of pyridine rings is 1. The Morgan fingerprint density at radius 3 is 2.62 bits per heavy atom. The molecule has 0 aliphatic carbocycles. The topological polar surface area (TPSA) is 68.5 Å². The molecule has 0 radical (unpaired) electrons. The van der Waals surface area contributed by atoms with Crippen LogP contribution in [0.1, 0.15) is 42.7 Å². The molecule has 3 rings (SSSR count). The Bertz CT molecular complexity index is 880. The molecule has 1 N–H and O–H groups in total. The number of Topliss-reactive ketones (excluding diaryl/α,β-unsaturated/α-hetero) is 1. The molecule has 0 saturated heterocycles. The third-order valence-electron chi connectivity index (χ3n) is 4.70. The average molecular weight is 327 g/mol. The molecule has 0 bridgehead atoms. The molecule has 24 heavy (non-hydrogen) atoms. The Balaban J connectivity index is 2.32. The molecular weight excluding hydrogens is 306 g/mol. The van der Waals surface area contributed by atoms with Crippen LogP contribution in [-0.4, -0.2) is 22.6 Å². The lowest BCUT2D eigenvalue weighted by Gasteiger charge is -2.33. The van der Waals surface area contributed by atoms with Gasteiger partial charge >= 0.3 is 0 Å². The number of methoxy groups -OCH3 is 1. The summed E-state index contributed by atoms with van der Waals surface area (Å²) in [6.45, 7) is 5.62. The van der Waals surface area contributed by atoms with E-state index >= 15 is 0 Å². The number of ether oxygens (including phenoxy) is 1. The highest BCUT2D eigenvalue weighted by Gasteiger charge is 2.28. The molecule has 0 fully saturated rings. The van der Waals surface area contributed by atoms with Crippen molar-refractivity contribution in [2.75, 3.05) is 7.11 Å². The lowest BCUT2D eigenvalue weighted by atomic mass is 9.87. The number of hydrogen-bond donors (Lipinski definition) is 1. The van der Waals surface area contributed by atoms with Crippen molar-refractivity contribution in [2.24, 2.45) is 5.92 Å². The van der Waals surface area contributed by atoms with Gasteiger partial charge < -0.3 is 14.4 Å². The van der Waals surface area contributed by atoms with E-state index < -0.39 is 0 Å². The monoisotopic (exact) mass is 327 g/mol. The van der Waals surface area contributed by atoms with E-state index in [9.17, 15) is 14.7 Å². The zero-order valence-corrected chi connectivity index (χ0v) is 14.3. The number of fused-ring (bicyclic) bond motifs is 3. The molecule has 0 amide bonds. The van der Waals surface area contributed by atoms with Gasteiger partial charge in [-0.25, -0.2) is 0 Å². The van der Waals surface area contributed by atoms with Gasteiger partial charge in [0.15, 0.2) is 22.7 Å². The molecule has 5 heteroatoms. The van der Waals surface area contributed by atoms with Crippen LogP contribution in [0.2, 0.25) is 0 Å². The predicted molar refractivity (Wildman–Crippen MR) is 91.9 cm³/mol. The number of aromatic hydroxyl groups is 1. The van der Waals surface area contributed by atoms with Crippen LogP contribution in [0.4, 0.5) is 0 Å². The molecule has 1 aliphatic rings. The minimum atomic E-state index is -0.281. The first-order valence-corrected chi connectivity index (χ1v) is 8.00. The molecule has 1 aliphatic heterocycles. The summed E-state index contributed by atoms with van der Waals surface area (Å²) in [5.74, 6) is 0.539. The Kier molecular flexibility index (Phi) is 3.95. The summed E-state index contributed by atoms with van der Waals surface area (Å²) in [7, 11) is 1.49. The van der Waals surface area contributed by atoms with Gasteiger partial charge in [-0.2, -0.15) is 0 Å². The van der Waals surface area contributed by atoms with Crippen molar-refractivity contribution >= 4 is 5.78 Å². The number of rotatable bonds is 3. The molecule has 0 saturated carbocycles. The smallest absolute Gasteiger partial charge is 0.192 e. The standard InChI is InChI=1S/C19H21NO4/c1-10(2)15-5-12-6-18(23)19(24-4)7-13(12)16-8-17(22)14(11(3)21)9-20(15)16/h6-10,15,23H,5H2,1-4H3/t15-/m0/s1. The number of phenols is 1. The van der Waals surface area contributed by atoms with Gasteiger partial charge in [-0.1, -0.05) is 13.8 Å². The first-order valence-electron chi connectivity index (χ1n) is 8.00. The molecule has 126 valence electrons. The van der Waals surface area contributed by atoms with Crippen LogP contribution in [0.15, 0.2) is 29.2 Å². The summed E-state index contributed by atoms with van der Waals surface area (Å²) >= 11 is 0. The van der Waals surface area contributed by atoms with Gasteiger partial charge in [0.1, 0.15) is 0 Å². The van der Waals surface area contributed by atoms with Gasteiger partial charge in [-0.05, 0) is 37.0 Å². The van der Waals surface area contributed by atoms with E-state index in [1.807, 2.05) is 4.57 Å². The van der Waals surface area contributed by atoms with Crippen molar-refractivity contribution in [2.45, 2.75) is 33.2 Å². The molecule has 0 unspecified atom stereocenters. The Labute approximate surface area is 140 Å². The Hall–Kier alpha value is -2.56. The molecule has 5 nitrogen and oxygen atoms in total. The van der Waals surface area contributed by atoms with Gasteiger partial charge in [-0.3, -0.25) is 9.59 Å². The van der Waals surface area contributed by atoms with Crippen molar-refractivity contribution in [3.8, 4) is 22.8 Å². The van der Waals surface area contributed by atoms with E-state index in [0.717, 1.165) is 23.2 Å². The number of benzene rings is 1. The highest BCUT2D eigenvalue weighted by molar-refractivity contribution is 5.94. The van der Waals surface area contributed by atoms with Gasteiger partial charge in [0.25, 0.3) is 0 Å². The van der Waals surface area contributed by atoms with Crippen molar-refractivity contribution < 1.29 is 14.6 Å². The van der Waals surface area contributed by atoms with Crippen LogP contribution in [0.3, 0.4) is 0 Å². The molecular formula is C19H21NO4. The molecule has 1 aromatic carbocycles. The summed E-state index contributed by atoms with van der Waals surface area (Å²) in [6, 6.07) is 5.08. The second-order valence-electron chi connectivity index (χ2n) is 6.60. The number of phenolic OH excluding ortho intramolecular Hbond substituents is 1. The Morgan fingerprint density at radius 1 is 1.33 bits per heavy atom. The maximum Gasteiger partial charge on any atom is 0.192 e. The van der Waals surface area contributed by atoms with Crippen LogP contribution >= 0.6 is 0 Å². The van der Waals surface area contributed by atoms with Gasteiger partial charge in [0, 0.05) is 23.9 Å². The van der Waals surface area contributed by atoms with E-state index in [-0.39, 0.29) is 28.6 Å². The number of hydrogen-bond acceptors (Lipinski definition) is 4. The van der Waals surface area contributed by atoms with Crippen molar-refractivity contribution in [1.82, 2.24) is 4.57 Å². The van der Waals surface area contributed by atoms with E-state index in [4.69, 9.17) is 4.74 Å². The molecule has 1 aromatic heterocycles. The second kappa shape index (κ2) is 5.82. The Morgan fingerprint density at radius 2 is 2.04 bits per heavy atom. The zero-order chi connectivity index (χ0) is 17.6. The van der Waals surface area contributed by atoms with Crippen molar-refractivity contribution in [3.05, 3.63) is 45.7 Å². The number of ketones is 1. The minimum absolute atomic E-state index is 0.0925. The van der Waals surface area contributed by atoms with E-state index in [1.165, 1.54) is 20.1 Å². The fourth-order valence-corrected chi connectivity index (χ4v) is 3.37. The third kappa shape index (κ3) is 2.50. The summed E-state index contributed by atoms with van der Waals surface area (Å²) in [5.41, 5.74) is 2.51. The van der Waals surface area contributed by atoms with E-state index in [0.29, 0.717) is 11.7 Å². The zero-order valence-electron chi connectivity index (χ0n) is 14.3. The first kappa shape index (κ1) is 16.3. The summed E-state index contributed by atoms with van der Waals surface area (Å²) in [5, 5.41) is 10.1. The molecule has 2 aromatic rings. The molecule has 2 heterocycles. The fraction of sp³-hybridized carbons (Fsp3) is 0.368. The number of nitrogens with zero attached hydrogens (tertiary/aromatic N) is 1. The second-order valence-corrected chi connectivity index (χ2v) is 6.60. The van der Waals surface area contributed by atoms with Crippen LogP contribution in [0.25, 0.3) is 11.3 Å². The van der Waals surface area contributed by atoms with Crippen molar-refractivity contribution in [1.29, 1.82) is 0 Å². The molecule has 0 spiro atoms. The highest BCUT2D eigenvalue weighted by Crippen LogP contribution is 2.42. The maximum atomic E-state index is 12.3. The van der Waals surface area contributed by atoms with Crippen LogP contribution in [0, 0.1) is 5.92 Å². The number of carbonyl (C=O) groups excluding carboxylic acids is 1. The van der Waals surface area contributed by atoms with E-state index in [2.05, 4.69) is 13.8 Å². The van der Waals surface area contributed by atoms with Crippen molar-refractivity contribution in [3.63, 3.8) is 0 Å². The molecule has 1 atom stereocenters.